The summed E-state index contributed by atoms with van der Waals surface area (Å²) in [7, 11) is 1.78. The number of halogens is 1. The fourth-order valence-corrected chi connectivity index (χ4v) is 3.88. The van der Waals surface area contributed by atoms with Gasteiger partial charge in [-0.1, -0.05) is 11.6 Å². The molecule has 0 aliphatic carbocycles. The second-order valence-electron chi connectivity index (χ2n) is 5.99. The molecule has 0 radical (unpaired) electrons. The minimum atomic E-state index is -0.204. The van der Waals surface area contributed by atoms with Crippen LogP contribution in [-0.4, -0.2) is 28.3 Å². The predicted molar refractivity (Wildman–Crippen MR) is 98.4 cm³/mol. The van der Waals surface area contributed by atoms with Crippen LogP contribution < -0.4 is 10.1 Å². The molecule has 1 aromatic carbocycles. The lowest BCUT2D eigenvalue weighted by molar-refractivity contribution is 0.0928. The first kappa shape index (κ1) is 16.2. The van der Waals surface area contributed by atoms with Gasteiger partial charge in [-0.05, 0) is 46.2 Å². The number of ether oxygens (including phenoxy) is 1. The molecule has 3 aromatic rings. The van der Waals surface area contributed by atoms with Crippen molar-refractivity contribution in [2.75, 3.05) is 6.54 Å². The topological polar surface area (TPSA) is 56.2 Å². The molecule has 128 valence electrons. The zero-order chi connectivity index (χ0) is 17.4. The standard InChI is InChI=1S/C18H16ClN3O2S/c1-22-4-2-16(21-22)18(23)20-9-14-7-13-6-12(11-3-5-25-10-11)8-15(19)17(13)24-14/h2-6,8,10,14H,7,9H2,1H3,(H,20,23)/t14-/m1/s1. The number of carbonyl (C=O) groups excluding carboxylic acids is 1. The van der Waals surface area contributed by atoms with E-state index in [9.17, 15) is 4.79 Å². The molecule has 1 amide bonds. The summed E-state index contributed by atoms with van der Waals surface area (Å²) in [6, 6.07) is 7.80. The number of thiophene rings is 1. The van der Waals surface area contributed by atoms with E-state index in [0.717, 1.165) is 28.9 Å². The third-order valence-electron chi connectivity index (χ3n) is 4.14. The molecule has 1 aliphatic rings. The molecule has 25 heavy (non-hydrogen) atoms. The summed E-state index contributed by atoms with van der Waals surface area (Å²) >= 11 is 8.05. The van der Waals surface area contributed by atoms with Crippen LogP contribution in [0.1, 0.15) is 16.1 Å². The van der Waals surface area contributed by atoms with Gasteiger partial charge in [0.25, 0.3) is 5.91 Å². The van der Waals surface area contributed by atoms with Gasteiger partial charge in [-0.25, -0.2) is 0 Å². The maximum absolute atomic E-state index is 12.1. The summed E-state index contributed by atoms with van der Waals surface area (Å²) in [6.45, 7) is 0.411. The summed E-state index contributed by atoms with van der Waals surface area (Å²) in [6.07, 6.45) is 2.33. The van der Waals surface area contributed by atoms with E-state index >= 15 is 0 Å². The molecule has 4 rings (SSSR count). The highest BCUT2D eigenvalue weighted by molar-refractivity contribution is 7.08. The molecular weight excluding hydrogens is 358 g/mol. The van der Waals surface area contributed by atoms with Crippen LogP contribution in [0.3, 0.4) is 0 Å². The van der Waals surface area contributed by atoms with Gasteiger partial charge in [0.05, 0.1) is 11.6 Å². The average molecular weight is 374 g/mol. The van der Waals surface area contributed by atoms with Gasteiger partial charge in [-0.3, -0.25) is 9.48 Å². The Morgan fingerprint density at radius 3 is 3.04 bits per heavy atom. The highest BCUT2D eigenvalue weighted by Gasteiger charge is 2.26. The van der Waals surface area contributed by atoms with E-state index in [1.54, 1.807) is 35.3 Å². The smallest absolute Gasteiger partial charge is 0.271 e. The van der Waals surface area contributed by atoms with Crippen molar-refractivity contribution in [2.24, 2.45) is 7.05 Å². The zero-order valence-corrected chi connectivity index (χ0v) is 15.1. The summed E-state index contributed by atoms with van der Waals surface area (Å²) in [4.78, 5) is 12.1. The van der Waals surface area contributed by atoms with E-state index < -0.39 is 0 Å². The summed E-state index contributed by atoms with van der Waals surface area (Å²) in [5, 5.41) is 11.7. The van der Waals surface area contributed by atoms with E-state index in [1.807, 2.05) is 11.4 Å². The van der Waals surface area contributed by atoms with Crippen molar-refractivity contribution in [3.05, 3.63) is 57.5 Å². The van der Waals surface area contributed by atoms with Crippen LogP contribution >= 0.6 is 22.9 Å². The fraction of sp³-hybridized carbons (Fsp3) is 0.222. The minimum absolute atomic E-state index is 0.127. The number of benzene rings is 1. The van der Waals surface area contributed by atoms with Crippen LogP contribution in [-0.2, 0) is 13.5 Å². The Labute approximate surface area is 154 Å². The quantitative estimate of drug-likeness (QED) is 0.761. The summed E-state index contributed by atoms with van der Waals surface area (Å²) in [5.74, 6) is 0.517. The number of hydrogen-bond donors (Lipinski definition) is 1. The van der Waals surface area contributed by atoms with Gasteiger partial charge in [0, 0.05) is 25.2 Å². The average Bonchev–Trinajstić information content (AvgIpc) is 3.32. The largest absolute Gasteiger partial charge is 0.486 e. The lowest BCUT2D eigenvalue weighted by Crippen LogP contribution is -2.34. The van der Waals surface area contributed by atoms with Gasteiger partial charge >= 0.3 is 0 Å². The van der Waals surface area contributed by atoms with Crippen LogP contribution in [0.25, 0.3) is 11.1 Å². The SMILES string of the molecule is Cn1ccc(C(=O)NC[C@H]2Cc3cc(-c4ccsc4)cc(Cl)c3O2)n1. The van der Waals surface area contributed by atoms with E-state index in [-0.39, 0.29) is 12.0 Å². The Hall–Kier alpha value is -2.31. The maximum Gasteiger partial charge on any atom is 0.271 e. The van der Waals surface area contributed by atoms with Crippen LogP contribution in [0, 0.1) is 0 Å². The van der Waals surface area contributed by atoms with Crippen molar-refractivity contribution >= 4 is 28.8 Å². The Morgan fingerprint density at radius 2 is 2.32 bits per heavy atom. The third-order valence-corrected chi connectivity index (χ3v) is 5.11. The van der Waals surface area contributed by atoms with Crippen molar-refractivity contribution in [3.8, 4) is 16.9 Å². The van der Waals surface area contributed by atoms with Crippen LogP contribution in [0.4, 0.5) is 0 Å². The van der Waals surface area contributed by atoms with Crippen LogP contribution in [0.5, 0.6) is 5.75 Å². The molecule has 0 fully saturated rings. The molecule has 1 aliphatic heterocycles. The first-order valence-corrected chi connectivity index (χ1v) is 9.22. The highest BCUT2D eigenvalue weighted by Crippen LogP contribution is 2.39. The predicted octanol–water partition coefficient (Wildman–Crippen LogP) is 3.54. The fourth-order valence-electron chi connectivity index (χ4n) is 2.93. The molecular formula is C18H16ClN3O2S. The number of fused-ring (bicyclic) bond motifs is 1. The first-order valence-electron chi connectivity index (χ1n) is 7.89. The summed E-state index contributed by atoms with van der Waals surface area (Å²) in [5.41, 5.74) is 3.72. The summed E-state index contributed by atoms with van der Waals surface area (Å²) < 4.78 is 7.53. The normalized spacial score (nSPS) is 15.7. The molecule has 3 heterocycles. The van der Waals surface area contributed by atoms with Gasteiger partial charge in [0.15, 0.2) is 0 Å². The van der Waals surface area contributed by atoms with E-state index in [1.165, 1.54) is 0 Å². The van der Waals surface area contributed by atoms with Gasteiger partial charge in [-0.15, -0.1) is 0 Å². The lowest BCUT2D eigenvalue weighted by atomic mass is 10.0. The van der Waals surface area contributed by atoms with Gasteiger partial charge in [0.2, 0.25) is 0 Å². The Balaban J connectivity index is 1.44. The number of nitrogens with one attached hydrogen (secondary N) is 1. The molecule has 0 saturated heterocycles. The molecule has 0 bridgehead atoms. The molecule has 7 heteroatoms. The lowest BCUT2D eigenvalue weighted by Gasteiger charge is -2.11. The third kappa shape index (κ3) is 3.27. The number of hydrogen-bond acceptors (Lipinski definition) is 4. The zero-order valence-electron chi connectivity index (χ0n) is 13.5. The van der Waals surface area contributed by atoms with E-state index in [4.69, 9.17) is 16.3 Å². The van der Waals surface area contributed by atoms with Gasteiger partial charge < -0.3 is 10.1 Å². The molecule has 0 saturated carbocycles. The van der Waals surface area contributed by atoms with Crippen molar-refractivity contribution < 1.29 is 9.53 Å². The Bertz CT molecular complexity index is 921. The molecule has 2 aromatic heterocycles. The molecule has 0 unspecified atom stereocenters. The maximum atomic E-state index is 12.1. The van der Waals surface area contributed by atoms with E-state index in [2.05, 4.69) is 27.9 Å². The Morgan fingerprint density at radius 1 is 1.44 bits per heavy atom. The number of carbonyl (C=O) groups is 1. The number of amides is 1. The van der Waals surface area contributed by atoms with Crippen LogP contribution in [0.2, 0.25) is 5.02 Å². The highest BCUT2D eigenvalue weighted by atomic mass is 35.5. The Kier molecular flexibility index (Phi) is 4.23. The van der Waals surface area contributed by atoms with E-state index in [0.29, 0.717) is 17.3 Å². The number of aryl methyl sites for hydroxylation is 1. The van der Waals surface area contributed by atoms with Crippen LogP contribution in [0.15, 0.2) is 41.2 Å². The molecule has 5 nitrogen and oxygen atoms in total. The van der Waals surface area contributed by atoms with Gasteiger partial charge in [0.1, 0.15) is 17.5 Å². The van der Waals surface area contributed by atoms with Crippen molar-refractivity contribution in [2.45, 2.75) is 12.5 Å². The van der Waals surface area contributed by atoms with Crippen molar-refractivity contribution in [3.63, 3.8) is 0 Å². The van der Waals surface area contributed by atoms with Gasteiger partial charge in [-0.2, -0.15) is 16.4 Å². The van der Waals surface area contributed by atoms with Crippen molar-refractivity contribution in [1.82, 2.24) is 15.1 Å². The van der Waals surface area contributed by atoms with Crippen molar-refractivity contribution in [1.29, 1.82) is 0 Å². The molecule has 1 N–H and O–H groups in total. The first-order chi connectivity index (χ1) is 12.1. The molecule has 0 spiro atoms. The monoisotopic (exact) mass is 373 g/mol. The molecule has 1 atom stereocenters. The number of nitrogens with zero attached hydrogens (tertiary/aromatic N) is 2. The second kappa shape index (κ2) is 6.54. The number of rotatable bonds is 4. The second-order valence-corrected chi connectivity index (χ2v) is 7.17. The number of aromatic nitrogens is 2. The minimum Gasteiger partial charge on any atom is -0.486 e.